The summed E-state index contributed by atoms with van der Waals surface area (Å²) in [6, 6.07) is 7.15. The quantitative estimate of drug-likeness (QED) is 0.565. The van der Waals surface area contributed by atoms with Gasteiger partial charge in [0.05, 0.1) is 11.0 Å². The topological polar surface area (TPSA) is 32.7 Å². The first-order chi connectivity index (χ1) is 6.79. The van der Waals surface area contributed by atoms with Gasteiger partial charge in [0.1, 0.15) is 0 Å². The number of anilines is 1. The average molecular weight is 211 g/mol. The molecular weight excluding hydrogens is 200 g/mol. The fourth-order valence-electron chi connectivity index (χ4n) is 1.34. The highest BCUT2D eigenvalue weighted by molar-refractivity contribution is 6.30. The summed E-state index contributed by atoms with van der Waals surface area (Å²) in [5, 5.41) is 5.17. The van der Waals surface area contributed by atoms with Gasteiger partial charge in [0.2, 0.25) is 0 Å². The van der Waals surface area contributed by atoms with Crippen molar-refractivity contribution in [3.05, 3.63) is 34.2 Å². The molecule has 0 spiro atoms. The van der Waals surface area contributed by atoms with Crippen LogP contribution >= 0.6 is 11.6 Å². The number of halogens is 1. The van der Waals surface area contributed by atoms with Gasteiger partial charge in [-0.1, -0.05) is 11.6 Å². The molecular formula is C10H11ClN2O. The highest BCUT2D eigenvalue weighted by atomic mass is 35.5. The summed E-state index contributed by atoms with van der Waals surface area (Å²) in [4.78, 5) is 10.6. The molecule has 3 nitrogen and oxygen atoms in total. The van der Waals surface area contributed by atoms with Crippen molar-refractivity contribution in [2.45, 2.75) is 12.8 Å². The molecule has 0 aliphatic heterocycles. The lowest BCUT2D eigenvalue weighted by atomic mass is 10.3. The third-order valence-corrected chi connectivity index (χ3v) is 2.60. The number of benzene rings is 1. The first kappa shape index (κ1) is 9.46. The van der Waals surface area contributed by atoms with E-state index < -0.39 is 0 Å². The summed E-state index contributed by atoms with van der Waals surface area (Å²) in [6.07, 6.45) is 2.42. The van der Waals surface area contributed by atoms with Crippen molar-refractivity contribution < 1.29 is 0 Å². The minimum atomic E-state index is 0.642. The Morgan fingerprint density at radius 2 is 2.00 bits per heavy atom. The van der Waals surface area contributed by atoms with Gasteiger partial charge in [-0.2, -0.15) is 0 Å². The van der Waals surface area contributed by atoms with Crippen LogP contribution in [0.25, 0.3) is 0 Å². The third kappa shape index (κ3) is 2.23. The van der Waals surface area contributed by atoms with E-state index in [0.29, 0.717) is 10.9 Å². The molecule has 2 rings (SSSR count). The fraction of sp³-hybridized carbons (Fsp3) is 0.400. The lowest BCUT2D eigenvalue weighted by Crippen LogP contribution is -2.17. The molecule has 1 aliphatic carbocycles. The molecule has 0 aromatic heterocycles. The molecule has 1 aromatic rings. The highest BCUT2D eigenvalue weighted by Gasteiger charge is 2.25. The van der Waals surface area contributed by atoms with Crippen molar-refractivity contribution in [2.75, 3.05) is 11.6 Å². The van der Waals surface area contributed by atoms with E-state index in [4.69, 9.17) is 11.6 Å². The molecule has 0 N–H and O–H groups in total. The van der Waals surface area contributed by atoms with Crippen molar-refractivity contribution in [3.8, 4) is 0 Å². The molecule has 0 saturated heterocycles. The van der Waals surface area contributed by atoms with Gasteiger partial charge in [0.15, 0.2) is 0 Å². The van der Waals surface area contributed by atoms with Crippen LogP contribution in [0, 0.1) is 10.8 Å². The van der Waals surface area contributed by atoms with E-state index in [-0.39, 0.29) is 0 Å². The maximum absolute atomic E-state index is 10.6. The van der Waals surface area contributed by atoms with Crippen LogP contribution in [0.3, 0.4) is 0 Å². The van der Waals surface area contributed by atoms with Gasteiger partial charge >= 0.3 is 0 Å². The summed E-state index contributed by atoms with van der Waals surface area (Å²) < 4.78 is 0. The van der Waals surface area contributed by atoms with E-state index in [1.807, 2.05) is 12.1 Å². The smallest absolute Gasteiger partial charge is 0.0627 e. The molecule has 0 radical (unpaired) electrons. The summed E-state index contributed by atoms with van der Waals surface area (Å²) in [5.41, 5.74) is 0.816. The Bertz CT molecular complexity index is 321. The number of hydrogen-bond acceptors (Lipinski definition) is 2. The SMILES string of the molecule is O=NN(CC1CC1)c1ccc(Cl)cc1. The second kappa shape index (κ2) is 3.96. The van der Waals surface area contributed by atoms with Crippen LogP contribution in [0.5, 0.6) is 0 Å². The molecule has 1 saturated carbocycles. The zero-order valence-electron chi connectivity index (χ0n) is 7.69. The predicted molar refractivity (Wildman–Crippen MR) is 57.3 cm³/mol. The number of nitroso groups, excluding NO2 is 1. The molecule has 0 atom stereocenters. The van der Waals surface area contributed by atoms with Gasteiger partial charge in [-0.05, 0) is 43.0 Å². The second-order valence-corrected chi connectivity index (χ2v) is 4.02. The minimum Gasteiger partial charge on any atom is -0.229 e. The predicted octanol–water partition coefficient (Wildman–Crippen LogP) is 3.24. The van der Waals surface area contributed by atoms with Crippen molar-refractivity contribution in [2.24, 2.45) is 11.2 Å². The largest absolute Gasteiger partial charge is 0.229 e. The van der Waals surface area contributed by atoms with Crippen LogP contribution in [0.2, 0.25) is 5.02 Å². The molecule has 0 heterocycles. The normalized spacial score (nSPS) is 15.2. The molecule has 1 aromatic carbocycles. The van der Waals surface area contributed by atoms with E-state index in [1.54, 1.807) is 12.1 Å². The Labute approximate surface area is 87.6 Å². The van der Waals surface area contributed by atoms with Crippen LogP contribution < -0.4 is 5.01 Å². The Kier molecular flexibility index (Phi) is 2.68. The van der Waals surface area contributed by atoms with Gasteiger partial charge < -0.3 is 0 Å². The molecule has 14 heavy (non-hydrogen) atoms. The summed E-state index contributed by atoms with van der Waals surface area (Å²) in [6.45, 7) is 0.727. The molecule has 1 aliphatic rings. The first-order valence-electron chi connectivity index (χ1n) is 4.66. The maximum atomic E-state index is 10.6. The molecule has 0 bridgehead atoms. The van der Waals surface area contributed by atoms with E-state index >= 15 is 0 Å². The summed E-state index contributed by atoms with van der Waals surface area (Å²) >= 11 is 5.75. The van der Waals surface area contributed by atoms with E-state index in [1.165, 1.54) is 17.9 Å². The van der Waals surface area contributed by atoms with Crippen molar-refractivity contribution in [1.82, 2.24) is 0 Å². The highest BCUT2D eigenvalue weighted by Crippen LogP contribution is 2.31. The van der Waals surface area contributed by atoms with Crippen LogP contribution in [-0.2, 0) is 0 Å². The Balaban J connectivity index is 2.09. The van der Waals surface area contributed by atoms with Crippen molar-refractivity contribution >= 4 is 17.3 Å². The van der Waals surface area contributed by atoms with Crippen LogP contribution in [-0.4, -0.2) is 6.54 Å². The first-order valence-corrected chi connectivity index (χ1v) is 5.04. The summed E-state index contributed by atoms with van der Waals surface area (Å²) in [7, 11) is 0. The number of rotatable bonds is 4. The monoisotopic (exact) mass is 210 g/mol. The standard InChI is InChI=1S/C10H11ClN2O/c11-9-3-5-10(6-4-9)13(12-14)7-8-1-2-8/h3-6,8H,1-2,7H2. The van der Waals surface area contributed by atoms with Crippen molar-refractivity contribution in [3.63, 3.8) is 0 Å². The van der Waals surface area contributed by atoms with E-state index in [0.717, 1.165) is 12.2 Å². The van der Waals surface area contributed by atoms with Crippen LogP contribution in [0.4, 0.5) is 5.69 Å². The van der Waals surface area contributed by atoms with Gasteiger partial charge in [0, 0.05) is 11.6 Å². The third-order valence-electron chi connectivity index (χ3n) is 2.35. The molecule has 0 unspecified atom stereocenters. The fourth-order valence-corrected chi connectivity index (χ4v) is 1.47. The van der Waals surface area contributed by atoms with E-state index in [9.17, 15) is 4.91 Å². The van der Waals surface area contributed by atoms with Gasteiger partial charge in [0.25, 0.3) is 0 Å². The molecule has 1 fully saturated rings. The van der Waals surface area contributed by atoms with Gasteiger partial charge in [-0.25, -0.2) is 5.01 Å². The molecule has 4 heteroatoms. The molecule has 0 amide bonds. The Morgan fingerprint density at radius 1 is 1.36 bits per heavy atom. The zero-order valence-corrected chi connectivity index (χ0v) is 8.44. The summed E-state index contributed by atoms with van der Waals surface area (Å²) in [5.74, 6) is 0.642. The number of hydrogen-bond donors (Lipinski definition) is 0. The van der Waals surface area contributed by atoms with Gasteiger partial charge in [-0.15, -0.1) is 4.91 Å². The van der Waals surface area contributed by atoms with E-state index in [2.05, 4.69) is 5.29 Å². The number of nitrogens with zero attached hydrogens (tertiary/aromatic N) is 2. The van der Waals surface area contributed by atoms with Gasteiger partial charge in [-0.3, -0.25) is 0 Å². The lowest BCUT2D eigenvalue weighted by molar-refractivity contribution is 0.748. The zero-order chi connectivity index (χ0) is 9.97. The second-order valence-electron chi connectivity index (χ2n) is 3.58. The lowest BCUT2D eigenvalue weighted by Gasteiger charge is -2.14. The minimum absolute atomic E-state index is 0.642. The van der Waals surface area contributed by atoms with Crippen LogP contribution in [0.1, 0.15) is 12.8 Å². The molecule has 74 valence electrons. The van der Waals surface area contributed by atoms with Crippen molar-refractivity contribution in [1.29, 1.82) is 0 Å². The Hall–Kier alpha value is -1.09. The Morgan fingerprint density at radius 3 is 2.50 bits per heavy atom. The average Bonchev–Trinajstić information content (AvgIpc) is 3.00. The maximum Gasteiger partial charge on any atom is 0.0627 e. The van der Waals surface area contributed by atoms with Crippen LogP contribution in [0.15, 0.2) is 29.6 Å².